The lowest BCUT2D eigenvalue weighted by Crippen LogP contribution is -2.56. The number of esters is 1. The number of hydrazone groups is 1. The van der Waals surface area contributed by atoms with Crippen LogP contribution in [0.1, 0.15) is 51.7 Å². The molecule has 8 heteroatoms. The standard InChI is InChI=1S/C21H27N3O5/c1-5-27-20(26)21(4,14(2)3)22-13-19(25)24-16(18-9-7-11-29-18)12-15(23-24)17-8-6-10-28-17/h6-11,14,16,22H,5,12-13H2,1-4H3/t16-,21-/m1/s1. The van der Waals surface area contributed by atoms with Crippen molar-refractivity contribution in [1.29, 1.82) is 0 Å². The fraction of sp³-hybridized carbons (Fsp3) is 0.476. The Bertz CT molecular complexity index is 857. The number of ether oxygens (including phenoxy) is 1. The molecule has 1 amide bonds. The molecule has 2 aromatic rings. The van der Waals surface area contributed by atoms with Crippen LogP contribution in [0.25, 0.3) is 0 Å². The molecule has 0 spiro atoms. The van der Waals surface area contributed by atoms with E-state index in [0.717, 1.165) is 0 Å². The quantitative estimate of drug-likeness (QED) is 0.683. The number of carbonyl (C=O) groups excluding carboxylic acids is 2. The molecule has 0 fully saturated rings. The zero-order chi connectivity index (χ0) is 21.0. The summed E-state index contributed by atoms with van der Waals surface area (Å²) in [7, 11) is 0. The van der Waals surface area contributed by atoms with E-state index in [1.165, 1.54) is 5.01 Å². The number of hydrogen-bond acceptors (Lipinski definition) is 7. The maximum absolute atomic E-state index is 13.0. The number of rotatable bonds is 8. The van der Waals surface area contributed by atoms with Crippen molar-refractivity contribution in [2.75, 3.05) is 13.2 Å². The van der Waals surface area contributed by atoms with Crippen LogP contribution in [-0.4, -0.2) is 41.3 Å². The minimum atomic E-state index is -0.987. The van der Waals surface area contributed by atoms with E-state index in [-0.39, 0.29) is 37.0 Å². The van der Waals surface area contributed by atoms with Crippen LogP contribution in [0, 0.1) is 5.92 Å². The molecule has 1 N–H and O–H groups in total. The highest BCUT2D eigenvalue weighted by atomic mass is 16.5. The van der Waals surface area contributed by atoms with Crippen molar-refractivity contribution in [3.63, 3.8) is 0 Å². The second kappa shape index (κ2) is 8.65. The van der Waals surface area contributed by atoms with Crippen LogP contribution in [0.5, 0.6) is 0 Å². The van der Waals surface area contributed by atoms with Gasteiger partial charge in [-0.05, 0) is 44.0 Å². The van der Waals surface area contributed by atoms with Crippen LogP contribution in [0.15, 0.2) is 50.7 Å². The maximum atomic E-state index is 13.0. The predicted molar refractivity (Wildman–Crippen MR) is 106 cm³/mol. The zero-order valence-corrected chi connectivity index (χ0v) is 17.2. The molecule has 0 aliphatic carbocycles. The molecule has 2 aromatic heterocycles. The average molecular weight is 401 g/mol. The predicted octanol–water partition coefficient (Wildman–Crippen LogP) is 3.12. The summed E-state index contributed by atoms with van der Waals surface area (Å²) in [6.45, 7) is 7.52. The van der Waals surface area contributed by atoms with Gasteiger partial charge < -0.3 is 13.6 Å². The summed E-state index contributed by atoms with van der Waals surface area (Å²) in [5.74, 6) is 0.524. The molecule has 29 heavy (non-hydrogen) atoms. The van der Waals surface area contributed by atoms with E-state index in [9.17, 15) is 9.59 Å². The van der Waals surface area contributed by atoms with Crippen LogP contribution in [0.2, 0.25) is 0 Å². The van der Waals surface area contributed by atoms with Crippen molar-refractivity contribution < 1.29 is 23.2 Å². The lowest BCUT2D eigenvalue weighted by molar-refractivity contribution is -0.152. The van der Waals surface area contributed by atoms with Crippen LogP contribution >= 0.6 is 0 Å². The van der Waals surface area contributed by atoms with Gasteiger partial charge in [0.15, 0.2) is 0 Å². The highest BCUT2D eigenvalue weighted by molar-refractivity contribution is 6.01. The molecule has 0 radical (unpaired) electrons. The van der Waals surface area contributed by atoms with E-state index in [4.69, 9.17) is 13.6 Å². The van der Waals surface area contributed by atoms with Crippen LogP contribution in [0.3, 0.4) is 0 Å². The van der Waals surface area contributed by atoms with Gasteiger partial charge in [0.1, 0.15) is 28.8 Å². The van der Waals surface area contributed by atoms with Crippen molar-refractivity contribution in [2.24, 2.45) is 11.0 Å². The largest absolute Gasteiger partial charge is 0.467 e. The summed E-state index contributed by atoms with van der Waals surface area (Å²) < 4.78 is 16.2. The van der Waals surface area contributed by atoms with Crippen LogP contribution in [0.4, 0.5) is 0 Å². The lowest BCUT2D eigenvalue weighted by Gasteiger charge is -2.32. The molecule has 2 atom stereocenters. The number of furan rings is 2. The molecular formula is C21H27N3O5. The van der Waals surface area contributed by atoms with E-state index in [0.29, 0.717) is 23.7 Å². The normalized spacial score (nSPS) is 18.6. The Kier molecular flexibility index (Phi) is 6.22. The third kappa shape index (κ3) is 4.27. The van der Waals surface area contributed by atoms with Crippen molar-refractivity contribution in [3.05, 3.63) is 48.3 Å². The van der Waals surface area contributed by atoms with Crippen molar-refractivity contribution >= 4 is 17.6 Å². The van der Waals surface area contributed by atoms with Crippen molar-refractivity contribution in [2.45, 2.75) is 45.7 Å². The lowest BCUT2D eigenvalue weighted by atomic mass is 9.88. The molecule has 8 nitrogen and oxygen atoms in total. The van der Waals surface area contributed by atoms with Gasteiger partial charge in [0.05, 0.1) is 25.7 Å². The first-order chi connectivity index (χ1) is 13.9. The Hall–Kier alpha value is -2.87. The summed E-state index contributed by atoms with van der Waals surface area (Å²) in [6, 6.07) is 6.81. The van der Waals surface area contributed by atoms with E-state index >= 15 is 0 Å². The van der Waals surface area contributed by atoms with Gasteiger partial charge in [0, 0.05) is 6.42 Å². The monoisotopic (exact) mass is 401 g/mol. The molecular weight excluding hydrogens is 374 g/mol. The first kappa shape index (κ1) is 20.9. The van der Waals surface area contributed by atoms with E-state index < -0.39 is 5.54 Å². The van der Waals surface area contributed by atoms with Gasteiger partial charge in [-0.2, -0.15) is 5.10 Å². The van der Waals surface area contributed by atoms with E-state index in [1.54, 1.807) is 44.6 Å². The second-order valence-corrected chi connectivity index (χ2v) is 7.43. The Morgan fingerprint density at radius 1 is 1.31 bits per heavy atom. The Morgan fingerprint density at radius 2 is 2.03 bits per heavy atom. The van der Waals surface area contributed by atoms with Crippen molar-refractivity contribution in [1.82, 2.24) is 10.3 Å². The summed E-state index contributed by atoms with van der Waals surface area (Å²) in [5, 5.41) is 8.97. The van der Waals surface area contributed by atoms with E-state index in [2.05, 4.69) is 10.4 Å². The van der Waals surface area contributed by atoms with Crippen LogP contribution < -0.4 is 5.32 Å². The fourth-order valence-corrected chi connectivity index (χ4v) is 3.17. The number of amides is 1. The second-order valence-electron chi connectivity index (χ2n) is 7.43. The summed E-state index contributed by atoms with van der Waals surface area (Å²) in [6.07, 6.45) is 3.61. The van der Waals surface area contributed by atoms with Gasteiger partial charge in [-0.3, -0.25) is 14.9 Å². The fourth-order valence-electron chi connectivity index (χ4n) is 3.17. The van der Waals surface area contributed by atoms with Gasteiger partial charge in [0.25, 0.3) is 5.91 Å². The smallest absolute Gasteiger partial charge is 0.326 e. The minimum absolute atomic E-state index is 0.0698. The molecule has 3 rings (SSSR count). The summed E-state index contributed by atoms with van der Waals surface area (Å²) in [5.41, 5.74) is -0.319. The molecule has 1 aliphatic rings. The molecule has 1 aliphatic heterocycles. The molecule has 0 saturated heterocycles. The van der Waals surface area contributed by atoms with Gasteiger partial charge in [-0.15, -0.1) is 0 Å². The minimum Gasteiger partial charge on any atom is -0.467 e. The average Bonchev–Trinajstić information content (AvgIpc) is 3.45. The topological polar surface area (TPSA) is 97.3 Å². The van der Waals surface area contributed by atoms with Crippen LogP contribution in [-0.2, 0) is 14.3 Å². The number of hydrogen-bond donors (Lipinski definition) is 1. The third-order valence-electron chi connectivity index (χ3n) is 5.30. The highest BCUT2D eigenvalue weighted by Gasteiger charge is 2.40. The molecule has 3 heterocycles. The number of carbonyl (C=O) groups is 2. The highest BCUT2D eigenvalue weighted by Crippen LogP contribution is 2.33. The SMILES string of the molecule is CCOC(=O)[C@](C)(NCC(=O)N1N=C(c2ccco2)C[C@@H]1c1ccco1)C(C)C. The maximum Gasteiger partial charge on any atom is 0.326 e. The number of nitrogens with one attached hydrogen (secondary N) is 1. The first-order valence-corrected chi connectivity index (χ1v) is 9.75. The molecule has 0 saturated carbocycles. The van der Waals surface area contributed by atoms with Crippen molar-refractivity contribution in [3.8, 4) is 0 Å². The molecule has 0 aromatic carbocycles. The van der Waals surface area contributed by atoms with Gasteiger partial charge >= 0.3 is 5.97 Å². The molecule has 0 bridgehead atoms. The Labute approximate surface area is 169 Å². The van der Waals surface area contributed by atoms with Gasteiger partial charge in [0.2, 0.25) is 0 Å². The number of nitrogens with zero attached hydrogens (tertiary/aromatic N) is 2. The first-order valence-electron chi connectivity index (χ1n) is 9.75. The summed E-state index contributed by atoms with van der Waals surface area (Å²) in [4.78, 5) is 25.5. The molecule has 0 unspecified atom stereocenters. The summed E-state index contributed by atoms with van der Waals surface area (Å²) >= 11 is 0. The molecule has 156 valence electrons. The zero-order valence-electron chi connectivity index (χ0n) is 17.2. The Balaban J connectivity index is 1.78. The van der Waals surface area contributed by atoms with Gasteiger partial charge in [-0.1, -0.05) is 13.8 Å². The van der Waals surface area contributed by atoms with E-state index in [1.807, 2.05) is 19.9 Å². The van der Waals surface area contributed by atoms with Gasteiger partial charge in [-0.25, -0.2) is 5.01 Å². The Morgan fingerprint density at radius 3 is 2.62 bits per heavy atom. The third-order valence-corrected chi connectivity index (χ3v) is 5.30.